The van der Waals surface area contributed by atoms with Crippen molar-refractivity contribution in [2.75, 3.05) is 0 Å². The summed E-state index contributed by atoms with van der Waals surface area (Å²) in [5, 5.41) is 2.46. The van der Waals surface area contributed by atoms with Crippen LogP contribution in [0, 0.1) is 0 Å². The van der Waals surface area contributed by atoms with Crippen LogP contribution in [0.5, 0.6) is 0 Å². The Labute approximate surface area is 86.1 Å². The maximum atomic E-state index is 4.43. The van der Waals surface area contributed by atoms with Gasteiger partial charge >= 0.3 is 0 Å². The number of benzene rings is 1. The van der Waals surface area contributed by atoms with Crippen LogP contribution in [0.1, 0.15) is 0 Å². The Morgan fingerprint density at radius 2 is 1.73 bits per heavy atom. The van der Waals surface area contributed by atoms with Crippen molar-refractivity contribution in [3.63, 3.8) is 0 Å². The van der Waals surface area contributed by atoms with Gasteiger partial charge in [-0.1, -0.05) is 24.3 Å². The van der Waals surface area contributed by atoms with Crippen molar-refractivity contribution in [3.05, 3.63) is 48.7 Å². The Hall–Kier alpha value is -2.09. The number of rotatable bonds is 0. The van der Waals surface area contributed by atoms with Crippen LogP contribution in [0.25, 0.3) is 27.5 Å². The standard InChI is InChI=1S/C13H8N2/c1-2-9-4-5-11-6-7-12-14-8-10(3-1)13(9)15(11)12/h1-8H. The summed E-state index contributed by atoms with van der Waals surface area (Å²) >= 11 is 0. The molecule has 0 radical (unpaired) electrons. The zero-order valence-corrected chi connectivity index (χ0v) is 8.01. The Balaban J connectivity index is 2.54. The lowest BCUT2D eigenvalue weighted by Gasteiger charge is -2.07. The number of aromatic nitrogens is 2. The third-order valence-corrected chi connectivity index (χ3v) is 2.98. The van der Waals surface area contributed by atoms with Crippen LogP contribution in [-0.4, -0.2) is 9.38 Å². The third kappa shape index (κ3) is 0.773. The van der Waals surface area contributed by atoms with Gasteiger partial charge in [-0.05, 0) is 23.6 Å². The van der Waals surface area contributed by atoms with Gasteiger partial charge < -0.3 is 0 Å². The molecule has 0 bridgehead atoms. The Bertz CT molecular complexity index is 707. The van der Waals surface area contributed by atoms with Crippen molar-refractivity contribution >= 4 is 27.5 Å². The second kappa shape index (κ2) is 2.28. The van der Waals surface area contributed by atoms with E-state index in [0.29, 0.717) is 0 Å². The van der Waals surface area contributed by atoms with E-state index in [-0.39, 0.29) is 0 Å². The van der Waals surface area contributed by atoms with E-state index in [1.807, 2.05) is 6.20 Å². The van der Waals surface area contributed by atoms with Crippen molar-refractivity contribution in [2.45, 2.75) is 0 Å². The first-order valence-electron chi connectivity index (χ1n) is 5.01. The minimum Gasteiger partial charge on any atom is -0.294 e. The Kier molecular flexibility index (Phi) is 1.10. The first kappa shape index (κ1) is 7.23. The highest BCUT2D eigenvalue weighted by Crippen LogP contribution is 2.25. The van der Waals surface area contributed by atoms with Gasteiger partial charge in [-0.25, -0.2) is 4.98 Å². The minimum absolute atomic E-state index is 1.02. The zero-order chi connectivity index (χ0) is 9.83. The predicted molar refractivity (Wildman–Crippen MR) is 61.4 cm³/mol. The van der Waals surface area contributed by atoms with Crippen molar-refractivity contribution in [1.82, 2.24) is 9.38 Å². The molecule has 2 heteroatoms. The van der Waals surface area contributed by atoms with Gasteiger partial charge in [-0.2, -0.15) is 0 Å². The molecule has 3 aromatic heterocycles. The first-order valence-corrected chi connectivity index (χ1v) is 5.01. The lowest BCUT2D eigenvalue weighted by Crippen LogP contribution is -1.92. The molecular formula is C13H8N2. The number of nitrogens with zero attached hydrogens (tertiary/aromatic N) is 2. The van der Waals surface area contributed by atoms with Gasteiger partial charge in [0.05, 0.1) is 5.52 Å². The van der Waals surface area contributed by atoms with Crippen molar-refractivity contribution in [3.8, 4) is 0 Å². The monoisotopic (exact) mass is 192 g/mol. The lowest BCUT2D eigenvalue weighted by atomic mass is 10.1. The van der Waals surface area contributed by atoms with E-state index in [9.17, 15) is 0 Å². The Morgan fingerprint density at radius 3 is 2.73 bits per heavy atom. The van der Waals surface area contributed by atoms with Gasteiger partial charge in [0.25, 0.3) is 0 Å². The first-order chi connectivity index (χ1) is 7.43. The number of hydrogen-bond acceptors (Lipinski definition) is 1. The quantitative estimate of drug-likeness (QED) is 0.418. The number of hydrogen-bond donors (Lipinski definition) is 0. The SMILES string of the molecule is c1cc2ccc3ccc4ncc(c1)c2n34. The highest BCUT2D eigenvalue weighted by atomic mass is 15.0. The van der Waals surface area contributed by atoms with Crippen LogP contribution < -0.4 is 0 Å². The molecule has 0 atom stereocenters. The average Bonchev–Trinajstić information content (AvgIpc) is 2.71. The van der Waals surface area contributed by atoms with E-state index < -0.39 is 0 Å². The van der Waals surface area contributed by atoms with Crippen LogP contribution in [0.15, 0.2) is 48.7 Å². The summed E-state index contributed by atoms with van der Waals surface area (Å²) in [4.78, 5) is 4.43. The summed E-state index contributed by atoms with van der Waals surface area (Å²) in [6.07, 6.45) is 1.94. The average molecular weight is 192 g/mol. The van der Waals surface area contributed by atoms with Gasteiger partial charge in [0.2, 0.25) is 0 Å². The number of para-hydroxylation sites is 1. The van der Waals surface area contributed by atoms with Crippen molar-refractivity contribution in [1.29, 1.82) is 0 Å². The van der Waals surface area contributed by atoms with E-state index in [2.05, 4.69) is 51.8 Å². The van der Waals surface area contributed by atoms with E-state index in [1.54, 1.807) is 0 Å². The molecule has 0 unspecified atom stereocenters. The fraction of sp³-hybridized carbons (Fsp3) is 0. The maximum absolute atomic E-state index is 4.43. The zero-order valence-electron chi connectivity index (χ0n) is 8.01. The minimum atomic E-state index is 1.02. The van der Waals surface area contributed by atoms with E-state index >= 15 is 0 Å². The molecule has 0 saturated heterocycles. The summed E-state index contributed by atoms with van der Waals surface area (Å²) in [5.74, 6) is 0. The second-order valence-electron chi connectivity index (χ2n) is 3.83. The van der Waals surface area contributed by atoms with E-state index in [4.69, 9.17) is 0 Å². The smallest absolute Gasteiger partial charge is 0.137 e. The van der Waals surface area contributed by atoms with E-state index in [1.165, 1.54) is 21.8 Å². The fourth-order valence-electron chi connectivity index (χ4n) is 2.30. The van der Waals surface area contributed by atoms with Crippen LogP contribution in [0.3, 0.4) is 0 Å². The van der Waals surface area contributed by atoms with Crippen LogP contribution in [0.4, 0.5) is 0 Å². The molecule has 0 amide bonds. The van der Waals surface area contributed by atoms with Gasteiger partial charge in [0.1, 0.15) is 5.65 Å². The van der Waals surface area contributed by atoms with Gasteiger partial charge in [0.15, 0.2) is 0 Å². The van der Waals surface area contributed by atoms with E-state index in [0.717, 1.165) is 5.65 Å². The molecule has 0 saturated carbocycles. The van der Waals surface area contributed by atoms with Crippen molar-refractivity contribution in [2.24, 2.45) is 0 Å². The highest BCUT2D eigenvalue weighted by Gasteiger charge is 2.06. The fourth-order valence-corrected chi connectivity index (χ4v) is 2.30. The molecule has 15 heavy (non-hydrogen) atoms. The molecule has 0 fully saturated rings. The van der Waals surface area contributed by atoms with Crippen molar-refractivity contribution < 1.29 is 0 Å². The van der Waals surface area contributed by atoms with Gasteiger partial charge in [0, 0.05) is 17.1 Å². The molecule has 4 aromatic rings. The molecule has 4 rings (SSSR count). The molecular weight excluding hydrogens is 184 g/mol. The summed E-state index contributed by atoms with van der Waals surface area (Å²) in [6, 6.07) is 14.8. The van der Waals surface area contributed by atoms with Crippen LogP contribution in [0.2, 0.25) is 0 Å². The lowest BCUT2D eigenvalue weighted by molar-refractivity contribution is 1.24. The Morgan fingerprint density at radius 1 is 0.867 bits per heavy atom. The second-order valence-corrected chi connectivity index (χ2v) is 3.83. The molecule has 0 N–H and O–H groups in total. The molecule has 2 nitrogen and oxygen atoms in total. The van der Waals surface area contributed by atoms with Gasteiger partial charge in [-0.15, -0.1) is 0 Å². The normalized spacial score (nSPS) is 12.0. The van der Waals surface area contributed by atoms with Crippen LogP contribution >= 0.6 is 0 Å². The summed E-state index contributed by atoms with van der Waals surface area (Å²) in [6.45, 7) is 0. The molecule has 0 aliphatic carbocycles. The summed E-state index contributed by atoms with van der Waals surface area (Å²) < 4.78 is 2.21. The molecule has 1 aromatic carbocycles. The van der Waals surface area contributed by atoms with Crippen LogP contribution in [-0.2, 0) is 0 Å². The molecule has 70 valence electrons. The molecule has 0 spiro atoms. The predicted octanol–water partition coefficient (Wildman–Crippen LogP) is 3.08. The number of pyridine rings is 1. The van der Waals surface area contributed by atoms with Gasteiger partial charge in [-0.3, -0.25) is 4.40 Å². The third-order valence-electron chi connectivity index (χ3n) is 2.98. The molecule has 0 aliphatic heterocycles. The highest BCUT2D eigenvalue weighted by molar-refractivity contribution is 5.98. The molecule has 0 aliphatic rings. The maximum Gasteiger partial charge on any atom is 0.137 e. The topological polar surface area (TPSA) is 17.3 Å². The summed E-state index contributed by atoms with van der Waals surface area (Å²) in [5.41, 5.74) is 3.50. The molecule has 3 heterocycles. The largest absolute Gasteiger partial charge is 0.294 e. The summed E-state index contributed by atoms with van der Waals surface area (Å²) in [7, 11) is 0.